The van der Waals surface area contributed by atoms with Crippen LogP contribution in [-0.2, 0) is 6.42 Å². The number of nitrogens with one attached hydrogen (secondary N) is 1. The summed E-state index contributed by atoms with van der Waals surface area (Å²) in [4.78, 5) is 21.3. The van der Waals surface area contributed by atoms with Crippen molar-refractivity contribution in [1.82, 2.24) is 5.32 Å². The van der Waals surface area contributed by atoms with Crippen molar-refractivity contribution in [3.63, 3.8) is 0 Å². The van der Waals surface area contributed by atoms with E-state index >= 15 is 0 Å². The molecule has 0 fully saturated rings. The molecule has 5 nitrogen and oxygen atoms in total. The summed E-state index contributed by atoms with van der Waals surface area (Å²) >= 11 is 0. The van der Waals surface area contributed by atoms with Crippen molar-refractivity contribution in [1.29, 1.82) is 0 Å². The lowest BCUT2D eigenvalue weighted by Gasteiger charge is -2.08. The van der Waals surface area contributed by atoms with E-state index in [1.807, 2.05) is 31.2 Å². The summed E-state index contributed by atoms with van der Waals surface area (Å²) in [5, 5.41) is 13.0. The van der Waals surface area contributed by atoms with Gasteiger partial charge in [-0.05, 0) is 18.9 Å². The minimum absolute atomic E-state index is 0.106. The molecule has 1 N–H and O–H groups in total. The zero-order valence-corrected chi connectivity index (χ0v) is 12.6. The summed E-state index contributed by atoms with van der Waals surface area (Å²) in [6.45, 7) is 2.01. The summed E-state index contributed by atoms with van der Waals surface area (Å²) < 4.78 is 40.3. The highest BCUT2D eigenvalue weighted by molar-refractivity contribution is 5.95. The number of rotatable bonds is 5. The maximum atomic E-state index is 13.7. The second-order valence-corrected chi connectivity index (χ2v) is 5.14. The van der Waals surface area contributed by atoms with Crippen molar-refractivity contribution in [2.75, 3.05) is 6.54 Å². The molecule has 0 saturated heterocycles. The predicted octanol–water partition coefficient (Wildman–Crippen LogP) is 3.29. The number of aryl methyl sites for hydroxylation is 1. The van der Waals surface area contributed by atoms with Crippen LogP contribution in [0.5, 0.6) is 0 Å². The monoisotopic (exact) mass is 338 g/mol. The van der Waals surface area contributed by atoms with E-state index in [1.165, 1.54) is 0 Å². The zero-order valence-electron chi connectivity index (χ0n) is 12.6. The van der Waals surface area contributed by atoms with Gasteiger partial charge in [0, 0.05) is 12.6 Å². The first-order valence-electron chi connectivity index (χ1n) is 6.97. The fourth-order valence-electron chi connectivity index (χ4n) is 2.17. The normalized spacial score (nSPS) is 10.5. The van der Waals surface area contributed by atoms with Crippen LogP contribution in [0.3, 0.4) is 0 Å². The van der Waals surface area contributed by atoms with Gasteiger partial charge in [0.2, 0.25) is 11.6 Å². The largest absolute Gasteiger partial charge is 0.352 e. The second kappa shape index (κ2) is 7.12. The van der Waals surface area contributed by atoms with Crippen LogP contribution < -0.4 is 5.32 Å². The van der Waals surface area contributed by atoms with Gasteiger partial charge in [-0.25, -0.2) is 8.78 Å². The molecule has 2 aromatic rings. The molecule has 126 valence electrons. The van der Waals surface area contributed by atoms with E-state index in [0.29, 0.717) is 12.5 Å². The number of amides is 1. The number of hydrogen-bond donors (Lipinski definition) is 1. The maximum Gasteiger partial charge on any atom is 0.308 e. The van der Waals surface area contributed by atoms with Gasteiger partial charge in [-0.2, -0.15) is 4.39 Å². The molecule has 0 atom stereocenters. The number of nitrogens with zero attached hydrogens (tertiary/aromatic N) is 1. The van der Waals surface area contributed by atoms with Crippen molar-refractivity contribution in [2.24, 2.45) is 0 Å². The van der Waals surface area contributed by atoms with Crippen LogP contribution >= 0.6 is 0 Å². The Balaban J connectivity index is 2.13. The minimum atomic E-state index is -2.05. The van der Waals surface area contributed by atoms with E-state index in [9.17, 15) is 28.1 Å². The molecule has 0 saturated carbocycles. The molecule has 0 spiro atoms. The second-order valence-electron chi connectivity index (χ2n) is 5.14. The molecule has 0 heterocycles. The number of nitro benzene ring substituents is 1. The van der Waals surface area contributed by atoms with Gasteiger partial charge >= 0.3 is 5.69 Å². The fourth-order valence-corrected chi connectivity index (χ4v) is 2.17. The first kappa shape index (κ1) is 17.5. The molecule has 8 heteroatoms. The lowest BCUT2D eigenvalue weighted by molar-refractivity contribution is -0.387. The Morgan fingerprint density at radius 1 is 1.17 bits per heavy atom. The summed E-state index contributed by atoms with van der Waals surface area (Å²) in [5.41, 5.74) is -0.254. The Morgan fingerprint density at radius 3 is 2.50 bits per heavy atom. The quantitative estimate of drug-likeness (QED) is 0.516. The van der Waals surface area contributed by atoms with Crippen molar-refractivity contribution in [3.05, 3.63) is 74.6 Å². The predicted molar refractivity (Wildman–Crippen MR) is 80.2 cm³/mol. The third kappa shape index (κ3) is 3.70. The molecule has 0 aromatic heterocycles. The SMILES string of the molecule is Cc1cccc(CCNC(=O)c2cc([N+](=O)[O-])c(F)c(F)c2F)c1. The zero-order chi connectivity index (χ0) is 17.9. The van der Waals surface area contributed by atoms with Gasteiger partial charge in [0.05, 0.1) is 10.5 Å². The number of hydrogen-bond acceptors (Lipinski definition) is 3. The standard InChI is InChI=1S/C16H13F3N2O3/c1-9-3-2-4-10(7-9)5-6-20-16(22)11-8-12(21(23)24)14(18)15(19)13(11)17/h2-4,7-8H,5-6H2,1H3,(H,20,22). The van der Waals surface area contributed by atoms with E-state index in [4.69, 9.17) is 0 Å². The third-order valence-electron chi connectivity index (χ3n) is 3.35. The molecule has 0 aliphatic rings. The van der Waals surface area contributed by atoms with E-state index in [2.05, 4.69) is 5.32 Å². The number of halogens is 3. The lowest BCUT2D eigenvalue weighted by atomic mass is 10.1. The van der Waals surface area contributed by atoms with Crippen molar-refractivity contribution in [3.8, 4) is 0 Å². The molecule has 0 aliphatic carbocycles. The van der Waals surface area contributed by atoms with Crippen molar-refractivity contribution in [2.45, 2.75) is 13.3 Å². The highest BCUT2D eigenvalue weighted by Crippen LogP contribution is 2.25. The lowest BCUT2D eigenvalue weighted by Crippen LogP contribution is -2.27. The van der Waals surface area contributed by atoms with Gasteiger partial charge < -0.3 is 5.32 Å². The molecule has 2 rings (SSSR count). The first-order chi connectivity index (χ1) is 11.3. The van der Waals surface area contributed by atoms with Crippen LogP contribution in [0.2, 0.25) is 0 Å². The number of benzene rings is 2. The molecular weight excluding hydrogens is 325 g/mol. The summed E-state index contributed by atoms with van der Waals surface area (Å²) in [6.07, 6.45) is 0.431. The summed E-state index contributed by atoms with van der Waals surface area (Å²) in [6, 6.07) is 7.86. The van der Waals surface area contributed by atoms with Crippen LogP contribution in [-0.4, -0.2) is 17.4 Å². The molecule has 0 unspecified atom stereocenters. The minimum Gasteiger partial charge on any atom is -0.352 e. The Bertz CT molecular complexity index is 809. The van der Waals surface area contributed by atoms with Gasteiger partial charge in [-0.3, -0.25) is 14.9 Å². The maximum absolute atomic E-state index is 13.7. The van der Waals surface area contributed by atoms with E-state index in [-0.39, 0.29) is 6.54 Å². The molecular formula is C16H13F3N2O3. The van der Waals surface area contributed by atoms with Crippen molar-refractivity contribution < 1.29 is 22.9 Å². The topological polar surface area (TPSA) is 72.2 Å². The van der Waals surface area contributed by atoms with Crippen LogP contribution in [0.25, 0.3) is 0 Å². The van der Waals surface area contributed by atoms with E-state index in [0.717, 1.165) is 11.1 Å². The number of carbonyl (C=O) groups excluding carboxylic acids is 1. The Hall–Kier alpha value is -2.90. The van der Waals surface area contributed by atoms with Crippen LogP contribution in [0.4, 0.5) is 18.9 Å². The van der Waals surface area contributed by atoms with Gasteiger partial charge in [-0.1, -0.05) is 29.8 Å². The Labute approximate surface area is 135 Å². The smallest absolute Gasteiger partial charge is 0.308 e. The highest BCUT2D eigenvalue weighted by atomic mass is 19.2. The number of nitro groups is 1. The molecule has 0 bridgehead atoms. The van der Waals surface area contributed by atoms with Gasteiger partial charge in [0.15, 0.2) is 5.82 Å². The number of carbonyl (C=O) groups is 1. The highest BCUT2D eigenvalue weighted by Gasteiger charge is 2.28. The van der Waals surface area contributed by atoms with Gasteiger partial charge in [0.1, 0.15) is 0 Å². The first-order valence-corrected chi connectivity index (χ1v) is 6.97. The molecule has 0 radical (unpaired) electrons. The van der Waals surface area contributed by atoms with Gasteiger partial charge in [-0.15, -0.1) is 0 Å². The summed E-state index contributed by atoms with van der Waals surface area (Å²) in [5.74, 6) is -6.80. The molecule has 1 amide bonds. The third-order valence-corrected chi connectivity index (χ3v) is 3.35. The van der Waals surface area contributed by atoms with Crippen molar-refractivity contribution >= 4 is 11.6 Å². The van der Waals surface area contributed by atoms with Crippen LogP contribution in [0.1, 0.15) is 21.5 Å². The van der Waals surface area contributed by atoms with Crippen LogP contribution in [0, 0.1) is 34.5 Å². The fraction of sp³-hybridized carbons (Fsp3) is 0.188. The average Bonchev–Trinajstić information content (AvgIpc) is 2.52. The summed E-state index contributed by atoms with van der Waals surface area (Å²) in [7, 11) is 0. The molecule has 2 aromatic carbocycles. The van der Waals surface area contributed by atoms with Crippen LogP contribution in [0.15, 0.2) is 30.3 Å². The van der Waals surface area contributed by atoms with E-state index < -0.39 is 39.5 Å². The van der Waals surface area contributed by atoms with Gasteiger partial charge in [0.25, 0.3) is 5.91 Å². The van der Waals surface area contributed by atoms with E-state index in [1.54, 1.807) is 0 Å². The molecule has 24 heavy (non-hydrogen) atoms. The average molecular weight is 338 g/mol. The Morgan fingerprint density at radius 2 is 1.88 bits per heavy atom. The molecule has 0 aliphatic heterocycles. The Kier molecular flexibility index (Phi) is 5.18.